The maximum absolute atomic E-state index is 13.1. The van der Waals surface area contributed by atoms with Crippen molar-refractivity contribution in [1.82, 2.24) is 0 Å². The molecule has 8 atom stereocenters. The minimum atomic E-state index is -1.04. The first kappa shape index (κ1) is 23.8. The van der Waals surface area contributed by atoms with Gasteiger partial charge in [0.25, 0.3) is 0 Å². The number of carbonyl (C=O) groups is 4. The van der Waals surface area contributed by atoms with Crippen LogP contribution < -0.4 is 0 Å². The lowest BCUT2D eigenvalue weighted by Crippen LogP contribution is -2.45. The van der Waals surface area contributed by atoms with Crippen LogP contribution in [0.15, 0.2) is 12.2 Å². The van der Waals surface area contributed by atoms with Gasteiger partial charge in [0.2, 0.25) is 0 Å². The monoisotopic (exact) mass is 462 g/mol. The van der Waals surface area contributed by atoms with Crippen molar-refractivity contribution in [3.63, 3.8) is 0 Å². The molecule has 1 N–H and O–H groups in total. The van der Waals surface area contributed by atoms with Crippen LogP contribution in [0.25, 0.3) is 0 Å². The zero-order valence-electron chi connectivity index (χ0n) is 19.6. The third-order valence-electron chi connectivity index (χ3n) is 8.43. The summed E-state index contributed by atoms with van der Waals surface area (Å²) < 4.78 is 17.2. The minimum absolute atomic E-state index is 0.124. The van der Waals surface area contributed by atoms with Crippen LogP contribution >= 0.6 is 0 Å². The highest BCUT2D eigenvalue weighted by Crippen LogP contribution is 2.58. The Bertz CT molecular complexity index is 856. The van der Waals surface area contributed by atoms with E-state index in [2.05, 4.69) is 6.58 Å². The van der Waals surface area contributed by atoms with Crippen LogP contribution in [0, 0.1) is 35.5 Å². The summed E-state index contributed by atoms with van der Waals surface area (Å²) in [6.07, 6.45) is 4.33. The van der Waals surface area contributed by atoms with Gasteiger partial charge >= 0.3 is 23.9 Å². The summed E-state index contributed by atoms with van der Waals surface area (Å²) in [6, 6.07) is 0. The lowest BCUT2D eigenvalue weighted by atomic mass is 9.75. The van der Waals surface area contributed by atoms with Gasteiger partial charge in [0.05, 0.1) is 17.8 Å². The zero-order valence-corrected chi connectivity index (χ0v) is 19.6. The fraction of sp³-hybridized carbons (Fsp3) is 0.760. The van der Waals surface area contributed by atoms with Gasteiger partial charge in [0, 0.05) is 17.4 Å². The number of aliphatic carboxylic acids is 1. The molecular weight excluding hydrogens is 428 g/mol. The maximum Gasteiger partial charge on any atom is 0.333 e. The molecule has 1 aliphatic heterocycles. The Morgan fingerprint density at radius 2 is 1.85 bits per heavy atom. The molecule has 0 amide bonds. The highest BCUT2D eigenvalue weighted by molar-refractivity contribution is 5.87. The summed E-state index contributed by atoms with van der Waals surface area (Å²) in [7, 11) is 0. The van der Waals surface area contributed by atoms with E-state index in [1.807, 2.05) is 6.92 Å². The largest absolute Gasteiger partial charge is 0.481 e. The Kier molecular flexibility index (Phi) is 6.31. The molecule has 4 aliphatic rings. The molecule has 8 nitrogen and oxygen atoms in total. The van der Waals surface area contributed by atoms with Crippen molar-refractivity contribution in [3.05, 3.63) is 12.2 Å². The van der Waals surface area contributed by atoms with Crippen LogP contribution in [-0.4, -0.2) is 46.8 Å². The van der Waals surface area contributed by atoms with Crippen molar-refractivity contribution in [2.45, 2.75) is 83.5 Å². The second kappa shape index (κ2) is 8.76. The molecule has 33 heavy (non-hydrogen) atoms. The molecule has 3 aliphatic carbocycles. The van der Waals surface area contributed by atoms with Crippen molar-refractivity contribution >= 4 is 23.9 Å². The van der Waals surface area contributed by atoms with Gasteiger partial charge in [0.15, 0.2) is 0 Å². The van der Waals surface area contributed by atoms with Crippen LogP contribution in [0.3, 0.4) is 0 Å². The lowest BCUT2D eigenvalue weighted by Gasteiger charge is -2.39. The topological polar surface area (TPSA) is 116 Å². The molecule has 0 aromatic rings. The van der Waals surface area contributed by atoms with Crippen LogP contribution in [0.1, 0.15) is 65.7 Å². The van der Waals surface area contributed by atoms with E-state index >= 15 is 0 Å². The van der Waals surface area contributed by atoms with Crippen LogP contribution in [-0.2, 0) is 33.4 Å². The van der Waals surface area contributed by atoms with E-state index in [0.717, 1.165) is 32.1 Å². The molecule has 182 valence electrons. The Morgan fingerprint density at radius 1 is 1.18 bits per heavy atom. The molecule has 8 heteroatoms. The second-order valence-electron chi connectivity index (χ2n) is 10.6. The van der Waals surface area contributed by atoms with Gasteiger partial charge in [-0.2, -0.15) is 0 Å². The third-order valence-corrected chi connectivity index (χ3v) is 8.43. The maximum atomic E-state index is 13.1. The van der Waals surface area contributed by atoms with Crippen molar-refractivity contribution in [3.8, 4) is 0 Å². The summed E-state index contributed by atoms with van der Waals surface area (Å²) in [5.74, 6) is -5.05. The Morgan fingerprint density at radius 3 is 2.45 bits per heavy atom. The molecule has 0 radical (unpaired) electrons. The normalized spacial score (nSPS) is 35.4. The number of rotatable bonds is 8. The van der Waals surface area contributed by atoms with Gasteiger partial charge in [0.1, 0.15) is 17.8 Å². The number of fused-ring (bicyclic) bond motifs is 1. The van der Waals surface area contributed by atoms with Crippen molar-refractivity contribution < 1.29 is 38.5 Å². The van der Waals surface area contributed by atoms with Crippen LogP contribution in [0.5, 0.6) is 0 Å². The minimum Gasteiger partial charge on any atom is -0.481 e. The molecule has 1 saturated heterocycles. The number of hydrogen-bond acceptors (Lipinski definition) is 7. The average molecular weight is 463 g/mol. The fourth-order valence-electron chi connectivity index (χ4n) is 6.55. The number of carboxylic acids is 1. The molecule has 8 unspecified atom stereocenters. The van der Waals surface area contributed by atoms with E-state index < -0.39 is 65.4 Å². The Labute approximate surface area is 194 Å². The molecule has 4 fully saturated rings. The summed E-state index contributed by atoms with van der Waals surface area (Å²) in [5.41, 5.74) is -0.258. The van der Waals surface area contributed by atoms with E-state index in [0.29, 0.717) is 18.4 Å². The Hall–Kier alpha value is -2.38. The quantitative estimate of drug-likeness (QED) is 0.332. The lowest BCUT2D eigenvalue weighted by molar-refractivity contribution is -0.171. The van der Waals surface area contributed by atoms with Crippen LogP contribution in [0.4, 0.5) is 0 Å². The molecule has 1 heterocycles. The van der Waals surface area contributed by atoms with Crippen molar-refractivity contribution in [2.75, 3.05) is 0 Å². The van der Waals surface area contributed by atoms with E-state index in [1.54, 1.807) is 13.8 Å². The van der Waals surface area contributed by atoms with Gasteiger partial charge in [-0.3, -0.25) is 14.4 Å². The number of carbonyl (C=O) groups excluding carboxylic acids is 3. The van der Waals surface area contributed by atoms with Crippen molar-refractivity contribution in [1.29, 1.82) is 0 Å². The molecule has 0 aromatic heterocycles. The third kappa shape index (κ3) is 4.17. The van der Waals surface area contributed by atoms with E-state index in [-0.39, 0.29) is 11.8 Å². The Balaban J connectivity index is 1.42. The van der Waals surface area contributed by atoms with Crippen molar-refractivity contribution in [2.24, 2.45) is 35.5 Å². The molecule has 4 rings (SSSR count). The number of hydrogen-bond donors (Lipinski definition) is 1. The molecule has 0 spiro atoms. The molecular formula is C25H34O8. The highest BCUT2D eigenvalue weighted by Gasteiger charge is 2.70. The van der Waals surface area contributed by atoms with E-state index in [9.17, 15) is 24.3 Å². The van der Waals surface area contributed by atoms with Gasteiger partial charge in [-0.1, -0.05) is 26.8 Å². The standard InChI is InChI=1S/C25H34O8/c1-12(2)22(28)33-25(8-6-5-7-9-25)11-13(3)14(4)23(29)31-19-15-10-16-18(17(15)21(26)27)24(30)32-20(16)19/h13-20H,1,5-11H2,2-4H3,(H,26,27). The van der Waals surface area contributed by atoms with E-state index in [4.69, 9.17) is 14.2 Å². The summed E-state index contributed by atoms with van der Waals surface area (Å²) in [4.78, 5) is 49.4. The fourth-order valence-corrected chi connectivity index (χ4v) is 6.55. The van der Waals surface area contributed by atoms with Gasteiger partial charge < -0.3 is 19.3 Å². The SMILES string of the molecule is C=C(C)C(=O)OC1(CC(C)C(C)C(=O)OC2C3CC4C2OC(=O)C4C3C(=O)O)CCCCC1. The van der Waals surface area contributed by atoms with E-state index in [1.165, 1.54) is 0 Å². The predicted molar refractivity (Wildman–Crippen MR) is 116 cm³/mol. The first-order valence-electron chi connectivity index (χ1n) is 12.1. The number of esters is 3. The zero-order chi connectivity index (χ0) is 24.1. The predicted octanol–water partition coefficient (Wildman–Crippen LogP) is 3.27. The smallest absolute Gasteiger partial charge is 0.333 e. The summed E-state index contributed by atoms with van der Waals surface area (Å²) in [6.45, 7) is 9.05. The summed E-state index contributed by atoms with van der Waals surface area (Å²) >= 11 is 0. The molecule has 2 bridgehead atoms. The average Bonchev–Trinajstić information content (AvgIpc) is 3.37. The second-order valence-corrected chi connectivity index (χ2v) is 10.6. The highest BCUT2D eigenvalue weighted by atomic mass is 16.6. The molecule has 0 aromatic carbocycles. The van der Waals surface area contributed by atoms with Gasteiger partial charge in [-0.25, -0.2) is 4.79 Å². The number of carboxylic acid groups (broad SMARTS) is 1. The number of ether oxygens (including phenoxy) is 3. The first-order valence-corrected chi connectivity index (χ1v) is 12.1. The molecule has 3 saturated carbocycles. The summed E-state index contributed by atoms with van der Waals surface area (Å²) in [5, 5.41) is 9.65. The van der Waals surface area contributed by atoms with Gasteiger partial charge in [-0.05, 0) is 51.4 Å². The van der Waals surface area contributed by atoms with Gasteiger partial charge in [-0.15, -0.1) is 0 Å². The van der Waals surface area contributed by atoms with Crippen LogP contribution in [0.2, 0.25) is 0 Å². The first-order chi connectivity index (χ1) is 15.5.